The Morgan fingerprint density at radius 1 is 1.08 bits per heavy atom. The number of benzene rings is 2. The third-order valence-corrected chi connectivity index (χ3v) is 4.76. The van der Waals surface area contributed by atoms with Gasteiger partial charge in [0.25, 0.3) is 5.91 Å². The van der Waals surface area contributed by atoms with E-state index >= 15 is 0 Å². The molecule has 2 aromatic carbocycles. The van der Waals surface area contributed by atoms with Gasteiger partial charge in [0.1, 0.15) is 0 Å². The summed E-state index contributed by atoms with van der Waals surface area (Å²) < 4.78 is 11.4. The number of carbonyl (C=O) groups excluding carboxylic acids is 1. The molecule has 0 aliphatic heterocycles. The molecule has 0 aromatic heterocycles. The maximum atomic E-state index is 12.5. The van der Waals surface area contributed by atoms with Crippen molar-refractivity contribution in [3.05, 3.63) is 52.0 Å². The second kappa shape index (κ2) is 7.98. The number of carbonyl (C=O) groups is 1. The van der Waals surface area contributed by atoms with E-state index in [-0.39, 0.29) is 12.0 Å². The highest BCUT2D eigenvalue weighted by Crippen LogP contribution is 2.34. The van der Waals surface area contributed by atoms with E-state index in [0.717, 1.165) is 12.8 Å². The normalized spacial score (nSPS) is 14.4. The van der Waals surface area contributed by atoms with Gasteiger partial charge in [-0.15, -0.1) is 0 Å². The van der Waals surface area contributed by atoms with Crippen LogP contribution in [0.3, 0.4) is 0 Å². The van der Waals surface area contributed by atoms with Gasteiger partial charge in [-0.05, 0) is 56.0 Å². The van der Waals surface area contributed by atoms with Gasteiger partial charge in [0, 0.05) is 16.8 Å². The molecule has 1 amide bonds. The summed E-state index contributed by atoms with van der Waals surface area (Å²) >= 11 is 12.0. The first-order valence-electron chi connectivity index (χ1n) is 8.18. The minimum Gasteiger partial charge on any atom is -0.493 e. The van der Waals surface area contributed by atoms with Gasteiger partial charge in [0.2, 0.25) is 0 Å². The molecule has 0 bridgehead atoms. The number of hydrogen-bond donors (Lipinski definition) is 1. The summed E-state index contributed by atoms with van der Waals surface area (Å²) in [5.74, 6) is 0.944. The molecule has 0 atom stereocenters. The van der Waals surface area contributed by atoms with E-state index in [1.54, 1.807) is 43.5 Å². The van der Waals surface area contributed by atoms with Crippen molar-refractivity contribution >= 4 is 34.8 Å². The van der Waals surface area contributed by atoms with Crippen molar-refractivity contribution in [2.75, 3.05) is 12.4 Å². The average molecular weight is 380 g/mol. The minimum absolute atomic E-state index is 0.197. The molecule has 6 heteroatoms. The quantitative estimate of drug-likeness (QED) is 0.737. The predicted molar refractivity (Wildman–Crippen MR) is 100 cm³/mol. The summed E-state index contributed by atoms with van der Waals surface area (Å²) in [6.07, 6.45) is 4.63. The highest BCUT2D eigenvalue weighted by molar-refractivity contribution is 6.36. The van der Waals surface area contributed by atoms with Gasteiger partial charge in [0.15, 0.2) is 11.5 Å². The molecular formula is C19H19Cl2NO3. The summed E-state index contributed by atoms with van der Waals surface area (Å²) in [5.41, 5.74) is 0.929. The van der Waals surface area contributed by atoms with Gasteiger partial charge in [0.05, 0.1) is 23.8 Å². The van der Waals surface area contributed by atoms with Crippen molar-refractivity contribution in [1.29, 1.82) is 0 Å². The molecule has 1 saturated carbocycles. The van der Waals surface area contributed by atoms with Crippen molar-refractivity contribution in [2.24, 2.45) is 0 Å². The fourth-order valence-corrected chi connectivity index (χ4v) is 3.28. The van der Waals surface area contributed by atoms with Crippen LogP contribution in [-0.2, 0) is 0 Å². The zero-order valence-electron chi connectivity index (χ0n) is 13.9. The smallest absolute Gasteiger partial charge is 0.257 e. The Bertz CT molecular complexity index is 773. The molecule has 1 aliphatic carbocycles. The molecule has 0 radical (unpaired) electrons. The van der Waals surface area contributed by atoms with Crippen LogP contribution in [0, 0.1) is 0 Å². The zero-order valence-corrected chi connectivity index (χ0v) is 15.4. The van der Waals surface area contributed by atoms with Crippen LogP contribution in [0.5, 0.6) is 11.5 Å². The molecule has 2 aromatic rings. The molecule has 0 spiro atoms. The first-order chi connectivity index (χ1) is 12.1. The van der Waals surface area contributed by atoms with Crippen LogP contribution in [0.1, 0.15) is 36.0 Å². The van der Waals surface area contributed by atoms with Gasteiger partial charge in [-0.25, -0.2) is 0 Å². The molecule has 0 heterocycles. The number of rotatable bonds is 5. The van der Waals surface area contributed by atoms with E-state index in [4.69, 9.17) is 32.7 Å². The van der Waals surface area contributed by atoms with Crippen LogP contribution in [0.2, 0.25) is 10.0 Å². The third kappa shape index (κ3) is 4.39. The standard InChI is InChI=1S/C19H19Cl2NO3/c1-24-17-9-7-13(11-18(17)25-14-4-2-3-5-14)22-19(23)15-10-12(20)6-8-16(15)21/h6-11,14H,2-5H2,1H3,(H,22,23). The SMILES string of the molecule is COc1ccc(NC(=O)c2cc(Cl)ccc2Cl)cc1OC1CCCC1. The summed E-state index contributed by atoms with van der Waals surface area (Å²) in [7, 11) is 1.60. The number of ether oxygens (including phenoxy) is 2. The van der Waals surface area contributed by atoms with Gasteiger partial charge in [-0.2, -0.15) is 0 Å². The fourth-order valence-electron chi connectivity index (χ4n) is 2.90. The van der Waals surface area contributed by atoms with E-state index in [9.17, 15) is 4.79 Å². The lowest BCUT2D eigenvalue weighted by Crippen LogP contribution is -2.14. The Morgan fingerprint density at radius 3 is 2.56 bits per heavy atom. The van der Waals surface area contributed by atoms with Crippen LogP contribution >= 0.6 is 23.2 Å². The van der Waals surface area contributed by atoms with Crippen LogP contribution in [-0.4, -0.2) is 19.1 Å². The molecule has 1 fully saturated rings. The Hall–Kier alpha value is -1.91. The van der Waals surface area contributed by atoms with Crippen LogP contribution in [0.4, 0.5) is 5.69 Å². The minimum atomic E-state index is -0.329. The van der Waals surface area contributed by atoms with E-state index in [1.165, 1.54) is 12.8 Å². The number of halogens is 2. The molecule has 4 nitrogen and oxygen atoms in total. The van der Waals surface area contributed by atoms with Crippen molar-refractivity contribution < 1.29 is 14.3 Å². The molecule has 3 rings (SSSR count). The number of methoxy groups -OCH3 is 1. The second-order valence-corrected chi connectivity index (χ2v) is 6.81. The number of anilines is 1. The topological polar surface area (TPSA) is 47.6 Å². The highest BCUT2D eigenvalue weighted by Gasteiger charge is 2.19. The maximum absolute atomic E-state index is 12.5. The lowest BCUT2D eigenvalue weighted by atomic mass is 10.2. The largest absolute Gasteiger partial charge is 0.493 e. The van der Waals surface area contributed by atoms with E-state index < -0.39 is 0 Å². The first kappa shape index (κ1) is 17.9. The summed E-state index contributed by atoms with van der Waals surface area (Å²) in [5, 5.41) is 3.62. The van der Waals surface area contributed by atoms with Crippen molar-refractivity contribution in [3.8, 4) is 11.5 Å². The van der Waals surface area contributed by atoms with Gasteiger partial charge < -0.3 is 14.8 Å². The Kier molecular flexibility index (Phi) is 5.71. The molecule has 1 N–H and O–H groups in total. The molecular weight excluding hydrogens is 361 g/mol. The van der Waals surface area contributed by atoms with Crippen molar-refractivity contribution in [3.63, 3.8) is 0 Å². The Balaban J connectivity index is 1.79. The third-order valence-electron chi connectivity index (χ3n) is 4.19. The molecule has 0 saturated heterocycles. The molecule has 1 aliphatic rings. The van der Waals surface area contributed by atoms with Crippen molar-refractivity contribution in [1.82, 2.24) is 0 Å². The highest BCUT2D eigenvalue weighted by atomic mass is 35.5. The first-order valence-corrected chi connectivity index (χ1v) is 8.93. The molecule has 25 heavy (non-hydrogen) atoms. The van der Waals surface area contributed by atoms with Crippen LogP contribution in [0.15, 0.2) is 36.4 Å². The number of nitrogens with one attached hydrogen (secondary N) is 1. The van der Waals surface area contributed by atoms with E-state index in [1.807, 2.05) is 0 Å². The zero-order chi connectivity index (χ0) is 17.8. The lowest BCUT2D eigenvalue weighted by Gasteiger charge is -2.17. The average Bonchev–Trinajstić information content (AvgIpc) is 3.10. The van der Waals surface area contributed by atoms with Gasteiger partial charge in [-0.3, -0.25) is 4.79 Å². The lowest BCUT2D eigenvalue weighted by molar-refractivity contribution is 0.102. The van der Waals surface area contributed by atoms with Crippen LogP contribution < -0.4 is 14.8 Å². The van der Waals surface area contributed by atoms with Crippen LogP contribution in [0.25, 0.3) is 0 Å². The predicted octanol–water partition coefficient (Wildman–Crippen LogP) is 5.58. The number of hydrogen-bond acceptors (Lipinski definition) is 3. The second-order valence-electron chi connectivity index (χ2n) is 5.97. The monoisotopic (exact) mass is 379 g/mol. The molecule has 132 valence electrons. The summed E-state index contributed by atoms with van der Waals surface area (Å²) in [4.78, 5) is 12.5. The van der Waals surface area contributed by atoms with Gasteiger partial charge in [-0.1, -0.05) is 23.2 Å². The Labute approximate surface area is 157 Å². The van der Waals surface area contributed by atoms with Gasteiger partial charge >= 0.3 is 0 Å². The summed E-state index contributed by atoms with van der Waals surface area (Å²) in [6, 6.07) is 10.1. The Morgan fingerprint density at radius 2 is 1.84 bits per heavy atom. The van der Waals surface area contributed by atoms with E-state index in [0.29, 0.717) is 32.8 Å². The van der Waals surface area contributed by atoms with E-state index in [2.05, 4.69) is 5.32 Å². The fraction of sp³-hybridized carbons (Fsp3) is 0.316. The molecule has 0 unspecified atom stereocenters. The van der Waals surface area contributed by atoms with Crippen molar-refractivity contribution in [2.45, 2.75) is 31.8 Å². The maximum Gasteiger partial charge on any atom is 0.257 e. The number of amides is 1. The summed E-state index contributed by atoms with van der Waals surface area (Å²) in [6.45, 7) is 0.